The molecule has 22 heavy (non-hydrogen) atoms. The van der Waals surface area contributed by atoms with Crippen molar-refractivity contribution in [2.45, 2.75) is 0 Å². The molecule has 0 saturated carbocycles. The number of nitrogens with one attached hydrogen (secondary N) is 2. The highest BCUT2D eigenvalue weighted by Gasteiger charge is 2.08. The predicted octanol–water partition coefficient (Wildman–Crippen LogP) is 2.46. The van der Waals surface area contributed by atoms with Crippen LogP contribution in [0.1, 0.15) is 0 Å². The second-order valence-electron chi connectivity index (χ2n) is 4.48. The van der Waals surface area contributed by atoms with Crippen LogP contribution in [0.25, 0.3) is 5.69 Å². The first-order valence-electron chi connectivity index (χ1n) is 6.76. The lowest BCUT2D eigenvalue weighted by molar-refractivity contribution is 0.412. The highest BCUT2D eigenvalue weighted by molar-refractivity contribution is 5.62. The van der Waals surface area contributed by atoms with E-state index >= 15 is 0 Å². The van der Waals surface area contributed by atoms with Gasteiger partial charge in [-0.05, 0) is 30.3 Å². The van der Waals surface area contributed by atoms with Crippen LogP contribution in [-0.2, 0) is 0 Å². The molecule has 0 bridgehead atoms. The molecule has 0 atom stereocenters. The van der Waals surface area contributed by atoms with E-state index in [1.54, 1.807) is 30.3 Å². The van der Waals surface area contributed by atoms with Crippen LogP contribution in [0, 0.1) is 0 Å². The molecule has 3 aromatic rings. The van der Waals surface area contributed by atoms with Crippen LogP contribution in [-0.4, -0.2) is 33.9 Å². The average Bonchev–Trinajstić information content (AvgIpc) is 3.09. The van der Waals surface area contributed by atoms with E-state index in [1.807, 2.05) is 37.5 Å². The van der Waals surface area contributed by atoms with Crippen molar-refractivity contribution in [1.29, 1.82) is 0 Å². The Morgan fingerprint density at radius 3 is 2.82 bits per heavy atom. The standard InChI is InChI=1S/C15H16N6O/c1-16-14-6-8-17-15(20-14)19-11-4-5-13(22-2)12(10-11)21-9-3-7-18-21/h3-10H,1-2H3,(H2,16,17,19,20). The zero-order valence-electron chi connectivity index (χ0n) is 12.3. The van der Waals surface area contributed by atoms with Gasteiger partial charge >= 0.3 is 0 Å². The zero-order chi connectivity index (χ0) is 15.4. The van der Waals surface area contributed by atoms with Gasteiger partial charge in [0.05, 0.1) is 7.11 Å². The lowest BCUT2D eigenvalue weighted by Gasteiger charge is -2.12. The summed E-state index contributed by atoms with van der Waals surface area (Å²) in [6, 6.07) is 9.37. The summed E-state index contributed by atoms with van der Waals surface area (Å²) < 4.78 is 7.13. The van der Waals surface area contributed by atoms with Crippen molar-refractivity contribution in [3.8, 4) is 11.4 Å². The van der Waals surface area contributed by atoms with E-state index in [-0.39, 0.29) is 0 Å². The maximum absolute atomic E-state index is 5.38. The third-order valence-electron chi connectivity index (χ3n) is 3.10. The molecule has 2 heterocycles. The normalized spacial score (nSPS) is 10.3. The highest BCUT2D eigenvalue weighted by atomic mass is 16.5. The Hall–Kier alpha value is -3.09. The van der Waals surface area contributed by atoms with Gasteiger partial charge < -0.3 is 15.4 Å². The molecular formula is C15H16N6O. The molecule has 0 unspecified atom stereocenters. The molecule has 1 aromatic carbocycles. The van der Waals surface area contributed by atoms with Crippen molar-refractivity contribution in [2.24, 2.45) is 0 Å². The van der Waals surface area contributed by atoms with Crippen LogP contribution in [0.4, 0.5) is 17.5 Å². The zero-order valence-corrected chi connectivity index (χ0v) is 12.3. The molecule has 7 heteroatoms. The Balaban J connectivity index is 1.93. The quantitative estimate of drug-likeness (QED) is 0.753. The van der Waals surface area contributed by atoms with Gasteiger partial charge in [0.1, 0.15) is 17.3 Å². The van der Waals surface area contributed by atoms with E-state index < -0.39 is 0 Å². The highest BCUT2D eigenvalue weighted by Crippen LogP contribution is 2.27. The molecule has 0 radical (unpaired) electrons. The Bertz CT molecular complexity index is 756. The molecule has 0 saturated heterocycles. The minimum Gasteiger partial charge on any atom is -0.494 e. The Kier molecular flexibility index (Phi) is 3.86. The maximum atomic E-state index is 5.38. The third kappa shape index (κ3) is 2.83. The van der Waals surface area contributed by atoms with Gasteiger partial charge in [0.25, 0.3) is 0 Å². The number of nitrogens with zero attached hydrogens (tertiary/aromatic N) is 4. The molecule has 7 nitrogen and oxygen atoms in total. The van der Waals surface area contributed by atoms with E-state index in [0.29, 0.717) is 5.95 Å². The summed E-state index contributed by atoms with van der Waals surface area (Å²) in [4.78, 5) is 8.54. The number of hydrogen-bond acceptors (Lipinski definition) is 6. The van der Waals surface area contributed by atoms with Crippen LogP contribution in [0.3, 0.4) is 0 Å². The number of aromatic nitrogens is 4. The summed E-state index contributed by atoms with van der Waals surface area (Å²) >= 11 is 0. The van der Waals surface area contributed by atoms with Crippen LogP contribution >= 0.6 is 0 Å². The second-order valence-corrected chi connectivity index (χ2v) is 4.48. The monoisotopic (exact) mass is 296 g/mol. The topological polar surface area (TPSA) is 76.9 Å². The first kappa shape index (κ1) is 13.9. The molecule has 0 spiro atoms. The van der Waals surface area contributed by atoms with E-state index in [4.69, 9.17) is 4.74 Å². The molecule has 0 fully saturated rings. The lowest BCUT2D eigenvalue weighted by atomic mass is 10.2. The fourth-order valence-electron chi connectivity index (χ4n) is 2.05. The van der Waals surface area contributed by atoms with Crippen molar-refractivity contribution in [1.82, 2.24) is 19.7 Å². The van der Waals surface area contributed by atoms with E-state index in [0.717, 1.165) is 22.9 Å². The van der Waals surface area contributed by atoms with Gasteiger partial charge in [0.15, 0.2) is 0 Å². The Morgan fingerprint density at radius 2 is 2.09 bits per heavy atom. The summed E-state index contributed by atoms with van der Waals surface area (Å²) in [5, 5.41) is 10.4. The second kappa shape index (κ2) is 6.13. The summed E-state index contributed by atoms with van der Waals surface area (Å²) in [6.45, 7) is 0. The number of rotatable bonds is 5. The summed E-state index contributed by atoms with van der Waals surface area (Å²) in [7, 11) is 3.45. The number of hydrogen-bond donors (Lipinski definition) is 2. The molecule has 2 aromatic heterocycles. The van der Waals surface area contributed by atoms with Crippen molar-refractivity contribution in [3.63, 3.8) is 0 Å². The van der Waals surface area contributed by atoms with Gasteiger partial charge in [-0.1, -0.05) is 0 Å². The lowest BCUT2D eigenvalue weighted by Crippen LogP contribution is -2.02. The van der Waals surface area contributed by atoms with Gasteiger partial charge in [-0.2, -0.15) is 10.1 Å². The molecule has 0 aliphatic heterocycles. The number of benzene rings is 1. The van der Waals surface area contributed by atoms with E-state index in [1.165, 1.54) is 0 Å². The first-order valence-corrected chi connectivity index (χ1v) is 6.76. The molecule has 112 valence electrons. The van der Waals surface area contributed by atoms with E-state index in [9.17, 15) is 0 Å². The number of methoxy groups -OCH3 is 1. The summed E-state index contributed by atoms with van der Waals surface area (Å²) in [5.41, 5.74) is 1.68. The minimum atomic E-state index is 0.517. The van der Waals surface area contributed by atoms with Crippen molar-refractivity contribution < 1.29 is 4.74 Å². The molecule has 0 amide bonds. The largest absolute Gasteiger partial charge is 0.494 e. The number of anilines is 3. The van der Waals surface area contributed by atoms with Gasteiger partial charge in [-0.3, -0.25) is 0 Å². The first-order chi connectivity index (χ1) is 10.8. The third-order valence-corrected chi connectivity index (χ3v) is 3.10. The van der Waals surface area contributed by atoms with Gasteiger partial charge in [-0.15, -0.1) is 0 Å². The van der Waals surface area contributed by atoms with Crippen molar-refractivity contribution >= 4 is 17.5 Å². The minimum absolute atomic E-state index is 0.517. The van der Waals surface area contributed by atoms with Gasteiger partial charge in [0.2, 0.25) is 5.95 Å². The molecule has 3 rings (SSSR count). The smallest absolute Gasteiger partial charge is 0.229 e. The van der Waals surface area contributed by atoms with Gasteiger partial charge in [0, 0.05) is 31.3 Å². The maximum Gasteiger partial charge on any atom is 0.229 e. The Labute approximate surface area is 128 Å². The molecular weight excluding hydrogens is 280 g/mol. The summed E-state index contributed by atoms with van der Waals surface area (Å²) in [5.74, 6) is 2.00. The van der Waals surface area contributed by atoms with Crippen LogP contribution < -0.4 is 15.4 Å². The summed E-state index contributed by atoms with van der Waals surface area (Å²) in [6.07, 6.45) is 5.28. The molecule has 0 aliphatic rings. The van der Waals surface area contributed by atoms with E-state index in [2.05, 4.69) is 25.7 Å². The molecule has 0 aliphatic carbocycles. The fraction of sp³-hybridized carbons (Fsp3) is 0.133. The number of ether oxygens (including phenoxy) is 1. The van der Waals surface area contributed by atoms with Gasteiger partial charge in [-0.25, -0.2) is 9.67 Å². The fourth-order valence-corrected chi connectivity index (χ4v) is 2.05. The van der Waals surface area contributed by atoms with Crippen LogP contribution in [0.5, 0.6) is 5.75 Å². The average molecular weight is 296 g/mol. The van der Waals surface area contributed by atoms with Crippen LogP contribution in [0.2, 0.25) is 0 Å². The van der Waals surface area contributed by atoms with Crippen molar-refractivity contribution in [2.75, 3.05) is 24.8 Å². The Morgan fingerprint density at radius 1 is 1.18 bits per heavy atom. The SMILES string of the molecule is CNc1ccnc(Nc2ccc(OC)c(-n3cccn3)c2)n1. The van der Waals surface area contributed by atoms with Crippen molar-refractivity contribution in [3.05, 3.63) is 48.9 Å². The van der Waals surface area contributed by atoms with Crippen LogP contribution in [0.15, 0.2) is 48.9 Å². The molecule has 2 N–H and O–H groups in total. The predicted molar refractivity (Wildman–Crippen MR) is 85.0 cm³/mol.